The van der Waals surface area contributed by atoms with Crippen LogP contribution in [0, 0.1) is 0 Å². The van der Waals surface area contributed by atoms with Crippen molar-refractivity contribution < 1.29 is 14.6 Å². The van der Waals surface area contributed by atoms with E-state index in [1.165, 1.54) is 17.3 Å². The molecular formula is C28H31N3O3. The van der Waals surface area contributed by atoms with Crippen LogP contribution in [-0.2, 0) is 17.7 Å². The molecule has 176 valence electrons. The summed E-state index contributed by atoms with van der Waals surface area (Å²) in [5.41, 5.74) is 6.34. The largest absolute Gasteiger partial charge is 0.506 e. The van der Waals surface area contributed by atoms with Crippen LogP contribution in [-0.4, -0.2) is 53.7 Å². The van der Waals surface area contributed by atoms with Gasteiger partial charge in [-0.25, -0.2) is 4.79 Å². The lowest BCUT2D eigenvalue weighted by atomic mass is 9.98. The molecule has 1 aliphatic rings. The smallest absolute Gasteiger partial charge is 0.338 e. The molecule has 3 aromatic rings. The van der Waals surface area contributed by atoms with Gasteiger partial charge in [0.2, 0.25) is 0 Å². The molecule has 0 aliphatic carbocycles. The van der Waals surface area contributed by atoms with Crippen molar-refractivity contribution in [2.24, 2.45) is 0 Å². The molecule has 0 unspecified atom stereocenters. The number of hydrogen-bond donors (Lipinski definition) is 1. The zero-order chi connectivity index (χ0) is 23.9. The van der Waals surface area contributed by atoms with Crippen molar-refractivity contribution in [1.29, 1.82) is 0 Å². The highest BCUT2D eigenvalue weighted by atomic mass is 16.5. The minimum Gasteiger partial charge on any atom is -0.506 e. The first-order chi connectivity index (χ1) is 16.6. The summed E-state index contributed by atoms with van der Waals surface area (Å²) in [7, 11) is 0. The number of piperazine rings is 1. The number of nitrogens with zero attached hydrogens (tertiary/aromatic N) is 3. The molecule has 6 heteroatoms. The van der Waals surface area contributed by atoms with E-state index >= 15 is 0 Å². The van der Waals surface area contributed by atoms with Crippen molar-refractivity contribution in [3.8, 4) is 16.9 Å². The Hall–Kier alpha value is -3.64. The van der Waals surface area contributed by atoms with Crippen molar-refractivity contribution in [2.75, 3.05) is 37.7 Å². The molecule has 1 aromatic heterocycles. The van der Waals surface area contributed by atoms with Gasteiger partial charge in [-0.1, -0.05) is 37.8 Å². The van der Waals surface area contributed by atoms with E-state index in [1.54, 1.807) is 18.3 Å². The molecule has 2 aromatic carbocycles. The van der Waals surface area contributed by atoms with E-state index < -0.39 is 0 Å². The molecule has 0 amide bonds. The maximum Gasteiger partial charge on any atom is 0.338 e. The van der Waals surface area contributed by atoms with Gasteiger partial charge >= 0.3 is 5.97 Å². The Morgan fingerprint density at radius 2 is 1.79 bits per heavy atom. The van der Waals surface area contributed by atoms with Gasteiger partial charge in [-0.2, -0.15) is 0 Å². The second-order valence-electron chi connectivity index (χ2n) is 8.47. The summed E-state index contributed by atoms with van der Waals surface area (Å²) in [5, 5.41) is 9.75. The lowest BCUT2D eigenvalue weighted by Gasteiger charge is -2.36. The topological polar surface area (TPSA) is 65.9 Å². The van der Waals surface area contributed by atoms with Crippen molar-refractivity contribution >= 4 is 11.7 Å². The normalized spacial score (nSPS) is 14.1. The summed E-state index contributed by atoms with van der Waals surface area (Å²) in [6, 6.07) is 15.9. The fourth-order valence-electron chi connectivity index (χ4n) is 4.31. The summed E-state index contributed by atoms with van der Waals surface area (Å²) >= 11 is 0. The SMILES string of the molecule is C=CCOC(=O)c1ccc(N2CCN(Cc3ccc(-c4cncc(O)c4)cc3CC)CC2)cc1. The van der Waals surface area contributed by atoms with Crippen LogP contribution < -0.4 is 4.90 Å². The number of pyridine rings is 1. The molecule has 0 bridgehead atoms. The summed E-state index contributed by atoms with van der Waals surface area (Å²) in [6.45, 7) is 10.7. The molecule has 0 saturated carbocycles. The van der Waals surface area contributed by atoms with Crippen LogP contribution in [0.2, 0.25) is 0 Å². The van der Waals surface area contributed by atoms with Crippen molar-refractivity contribution in [3.63, 3.8) is 0 Å². The van der Waals surface area contributed by atoms with Crippen LogP contribution in [0.15, 0.2) is 73.6 Å². The predicted molar refractivity (Wildman–Crippen MR) is 135 cm³/mol. The number of carbonyl (C=O) groups is 1. The van der Waals surface area contributed by atoms with Crippen LogP contribution in [0.5, 0.6) is 5.75 Å². The molecular weight excluding hydrogens is 426 g/mol. The van der Waals surface area contributed by atoms with Gasteiger partial charge < -0.3 is 14.7 Å². The second-order valence-corrected chi connectivity index (χ2v) is 8.47. The Labute approximate surface area is 201 Å². The molecule has 34 heavy (non-hydrogen) atoms. The summed E-state index contributed by atoms with van der Waals surface area (Å²) < 4.78 is 5.10. The van der Waals surface area contributed by atoms with Gasteiger partial charge in [0.1, 0.15) is 12.4 Å². The first-order valence-corrected chi connectivity index (χ1v) is 11.7. The molecule has 1 saturated heterocycles. The zero-order valence-electron chi connectivity index (χ0n) is 19.6. The highest BCUT2D eigenvalue weighted by molar-refractivity contribution is 5.89. The van der Waals surface area contributed by atoms with Crippen molar-refractivity contribution in [3.05, 3.63) is 90.3 Å². The van der Waals surface area contributed by atoms with Crippen LogP contribution in [0.4, 0.5) is 5.69 Å². The predicted octanol–water partition coefficient (Wildman–Crippen LogP) is 4.68. The van der Waals surface area contributed by atoms with Crippen LogP contribution in [0.25, 0.3) is 11.1 Å². The quantitative estimate of drug-likeness (QED) is 0.391. The third-order valence-corrected chi connectivity index (χ3v) is 6.21. The highest BCUT2D eigenvalue weighted by Gasteiger charge is 2.19. The van der Waals surface area contributed by atoms with E-state index in [9.17, 15) is 9.90 Å². The number of hydrogen-bond acceptors (Lipinski definition) is 6. The average Bonchev–Trinajstić information content (AvgIpc) is 2.88. The van der Waals surface area contributed by atoms with Crippen molar-refractivity contribution in [1.82, 2.24) is 9.88 Å². The van der Waals surface area contributed by atoms with E-state index in [-0.39, 0.29) is 18.3 Å². The number of benzene rings is 2. The molecule has 0 atom stereocenters. The average molecular weight is 458 g/mol. The van der Waals surface area contributed by atoms with Gasteiger partial charge in [0.25, 0.3) is 0 Å². The van der Waals surface area contributed by atoms with Crippen molar-refractivity contribution in [2.45, 2.75) is 19.9 Å². The summed E-state index contributed by atoms with van der Waals surface area (Å²) in [6.07, 6.45) is 5.75. The second kappa shape index (κ2) is 11.0. The minimum atomic E-state index is -0.325. The Balaban J connectivity index is 1.36. The Kier molecular flexibility index (Phi) is 7.60. The molecule has 1 fully saturated rings. The van der Waals surface area contributed by atoms with E-state index in [1.807, 2.05) is 24.3 Å². The third-order valence-electron chi connectivity index (χ3n) is 6.21. The zero-order valence-corrected chi connectivity index (χ0v) is 19.6. The van der Waals surface area contributed by atoms with Gasteiger partial charge in [-0.05, 0) is 53.4 Å². The van der Waals surface area contributed by atoms with E-state index in [0.29, 0.717) is 5.56 Å². The van der Waals surface area contributed by atoms with Gasteiger partial charge in [-0.3, -0.25) is 9.88 Å². The number of anilines is 1. The number of aromatic nitrogens is 1. The minimum absolute atomic E-state index is 0.180. The lowest BCUT2D eigenvalue weighted by Crippen LogP contribution is -2.46. The number of aromatic hydroxyl groups is 1. The fourth-order valence-corrected chi connectivity index (χ4v) is 4.31. The first-order valence-electron chi connectivity index (χ1n) is 11.7. The fraction of sp³-hybridized carbons (Fsp3) is 0.286. The number of carbonyl (C=O) groups excluding carboxylic acids is 1. The van der Waals surface area contributed by atoms with Gasteiger partial charge in [0.15, 0.2) is 0 Å². The maximum absolute atomic E-state index is 12.0. The maximum atomic E-state index is 12.0. The van der Waals surface area contributed by atoms with Gasteiger partial charge in [-0.15, -0.1) is 0 Å². The molecule has 6 nitrogen and oxygen atoms in total. The molecule has 4 rings (SSSR count). The van der Waals surface area contributed by atoms with Crippen LogP contribution >= 0.6 is 0 Å². The molecule has 0 spiro atoms. The Morgan fingerprint density at radius 1 is 1.03 bits per heavy atom. The lowest BCUT2D eigenvalue weighted by molar-refractivity contribution is 0.0549. The van der Waals surface area contributed by atoms with Gasteiger partial charge in [0.05, 0.1) is 11.8 Å². The highest BCUT2D eigenvalue weighted by Crippen LogP contribution is 2.26. The molecule has 1 N–H and O–H groups in total. The number of ether oxygens (including phenoxy) is 1. The van der Waals surface area contributed by atoms with Crippen LogP contribution in [0.1, 0.15) is 28.4 Å². The van der Waals surface area contributed by atoms with E-state index in [4.69, 9.17) is 4.74 Å². The number of esters is 1. The monoisotopic (exact) mass is 457 g/mol. The summed E-state index contributed by atoms with van der Waals surface area (Å²) in [4.78, 5) is 20.9. The molecule has 0 radical (unpaired) electrons. The first kappa shape index (κ1) is 23.5. The Morgan fingerprint density at radius 3 is 2.47 bits per heavy atom. The molecule has 2 heterocycles. The third kappa shape index (κ3) is 5.64. The molecule has 1 aliphatic heterocycles. The standard InChI is InChI=1S/C28H31N3O3/c1-3-15-34-28(33)22-7-9-26(10-8-22)31-13-11-30(12-14-31)20-24-6-5-23(16-21(24)4-2)25-17-27(32)19-29-18-25/h3,5-10,16-19,32H,1,4,11-15,20H2,2H3. The Bertz CT molecular complexity index is 1140. The summed E-state index contributed by atoms with van der Waals surface area (Å²) in [5.74, 6) is -0.144. The van der Waals surface area contributed by atoms with Gasteiger partial charge in [0, 0.05) is 50.2 Å². The number of rotatable bonds is 8. The van der Waals surface area contributed by atoms with Crippen LogP contribution in [0.3, 0.4) is 0 Å². The van der Waals surface area contributed by atoms with E-state index in [0.717, 1.165) is 56.0 Å². The number of aryl methyl sites for hydroxylation is 1. The van der Waals surface area contributed by atoms with E-state index in [2.05, 4.69) is 46.5 Å².